The SMILES string of the molecule is CCn1cc(C(=O)O)c(=O)c2cc(F)c(-c3ccc(C=O)cc3)cc21. The van der Waals surface area contributed by atoms with Gasteiger partial charge in [0, 0.05) is 29.3 Å². The van der Waals surface area contributed by atoms with Crippen molar-refractivity contribution in [3.8, 4) is 11.1 Å². The van der Waals surface area contributed by atoms with Crippen molar-refractivity contribution in [1.29, 1.82) is 0 Å². The van der Waals surface area contributed by atoms with Crippen molar-refractivity contribution in [1.82, 2.24) is 4.57 Å². The first-order valence-corrected chi connectivity index (χ1v) is 7.62. The van der Waals surface area contributed by atoms with Crippen LogP contribution in [0.1, 0.15) is 27.6 Å². The number of carbonyl (C=O) groups excluding carboxylic acids is 1. The van der Waals surface area contributed by atoms with Crippen molar-refractivity contribution in [3.63, 3.8) is 0 Å². The highest BCUT2D eigenvalue weighted by Gasteiger charge is 2.17. The molecular formula is C19H14FNO4. The average molecular weight is 339 g/mol. The van der Waals surface area contributed by atoms with Crippen LogP contribution in [0.4, 0.5) is 4.39 Å². The van der Waals surface area contributed by atoms with Crippen molar-refractivity contribution in [3.05, 3.63) is 69.8 Å². The molecule has 0 amide bonds. The maximum atomic E-state index is 14.6. The number of hydrogen-bond donors (Lipinski definition) is 1. The van der Waals surface area contributed by atoms with E-state index in [1.807, 2.05) is 0 Å². The monoisotopic (exact) mass is 339 g/mol. The normalized spacial score (nSPS) is 10.8. The topological polar surface area (TPSA) is 76.4 Å². The average Bonchev–Trinajstić information content (AvgIpc) is 2.62. The van der Waals surface area contributed by atoms with Gasteiger partial charge in [0.05, 0.1) is 5.52 Å². The second kappa shape index (κ2) is 6.32. The predicted molar refractivity (Wildman–Crippen MR) is 91.6 cm³/mol. The van der Waals surface area contributed by atoms with Crippen LogP contribution >= 0.6 is 0 Å². The molecule has 0 saturated heterocycles. The zero-order chi connectivity index (χ0) is 18.1. The molecule has 0 saturated carbocycles. The Labute approximate surface area is 142 Å². The van der Waals surface area contributed by atoms with E-state index in [4.69, 9.17) is 5.11 Å². The third-order valence-electron chi connectivity index (χ3n) is 4.10. The zero-order valence-electron chi connectivity index (χ0n) is 13.3. The van der Waals surface area contributed by atoms with Gasteiger partial charge < -0.3 is 9.67 Å². The summed E-state index contributed by atoms with van der Waals surface area (Å²) in [5.41, 5.74) is 0.651. The highest BCUT2D eigenvalue weighted by Crippen LogP contribution is 2.27. The summed E-state index contributed by atoms with van der Waals surface area (Å²) in [5.74, 6) is -1.98. The predicted octanol–water partition coefficient (Wildman–Crippen LogP) is 3.34. The van der Waals surface area contributed by atoms with Crippen LogP contribution in [0, 0.1) is 5.82 Å². The van der Waals surface area contributed by atoms with Gasteiger partial charge in [0.1, 0.15) is 17.7 Å². The minimum atomic E-state index is -1.34. The number of carbonyl (C=O) groups is 2. The van der Waals surface area contributed by atoms with Crippen LogP contribution in [-0.4, -0.2) is 21.9 Å². The molecule has 0 bridgehead atoms. The molecule has 3 rings (SSSR count). The van der Waals surface area contributed by atoms with Crippen molar-refractivity contribution in [2.24, 2.45) is 0 Å². The van der Waals surface area contributed by atoms with Crippen LogP contribution in [0.3, 0.4) is 0 Å². The summed E-state index contributed by atoms with van der Waals surface area (Å²) in [4.78, 5) is 34.3. The third-order valence-corrected chi connectivity index (χ3v) is 4.10. The summed E-state index contributed by atoms with van der Waals surface area (Å²) < 4.78 is 16.2. The molecular weight excluding hydrogens is 325 g/mol. The van der Waals surface area contributed by atoms with Crippen molar-refractivity contribution in [2.45, 2.75) is 13.5 Å². The largest absolute Gasteiger partial charge is 0.477 e. The molecule has 0 spiro atoms. The number of aldehydes is 1. The molecule has 5 nitrogen and oxygen atoms in total. The van der Waals surface area contributed by atoms with E-state index in [9.17, 15) is 18.8 Å². The molecule has 126 valence electrons. The molecule has 1 heterocycles. The van der Waals surface area contributed by atoms with Gasteiger partial charge in [-0.15, -0.1) is 0 Å². The Hall–Kier alpha value is -3.28. The molecule has 25 heavy (non-hydrogen) atoms. The first-order valence-electron chi connectivity index (χ1n) is 7.62. The van der Waals surface area contributed by atoms with Gasteiger partial charge in [-0.3, -0.25) is 9.59 Å². The highest BCUT2D eigenvalue weighted by molar-refractivity contribution is 5.94. The molecule has 6 heteroatoms. The molecule has 2 aromatic carbocycles. The smallest absolute Gasteiger partial charge is 0.341 e. The molecule has 0 aliphatic carbocycles. The lowest BCUT2D eigenvalue weighted by Crippen LogP contribution is -2.19. The molecule has 3 aromatic rings. The Morgan fingerprint density at radius 2 is 1.92 bits per heavy atom. The van der Waals surface area contributed by atoms with Crippen molar-refractivity contribution < 1.29 is 19.1 Å². The summed E-state index contributed by atoms with van der Waals surface area (Å²) >= 11 is 0. The van der Waals surface area contributed by atoms with Gasteiger partial charge in [0.2, 0.25) is 5.43 Å². The number of aromatic nitrogens is 1. The van der Waals surface area contributed by atoms with Crippen LogP contribution in [0.2, 0.25) is 0 Å². The number of aryl methyl sites for hydroxylation is 1. The lowest BCUT2D eigenvalue weighted by atomic mass is 10.0. The van der Waals surface area contributed by atoms with Crippen LogP contribution in [-0.2, 0) is 6.54 Å². The summed E-state index contributed by atoms with van der Waals surface area (Å²) in [6.07, 6.45) is 1.97. The molecule has 0 atom stereocenters. The summed E-state index contributed by atoms with van der Waals surface area (Å²) in [6.45, 7) is 2.23. The number of benzene rings is 2. The first kappa shape index (κ1) is 16.6. The lowest BCUT2D eigenvalue weighted by Gasteiger charge is -2.13. The lowest BCUT2D eigenvalue weighted by molar-refractivity contribution is 0.0694. The van der Waals surface area contributed by atoms with Gasteiger partial charge in [-0.05, 0) is 24.6 Å². The van der Waals surface area contributed by atoms with Crippen LogP contribution < -0.4 is 5.43 Å². The van der Waals surface area contributed by atoms with Crippen molar-refractivity contribution >= 4 is 23.2 Å². The van der Waals surface area contributed by atoms with Crippen LogP contribution in [0.15, 0.2) is 47.4 Å². The Morgan fingerprint density at radius 3 is 2.48 bits per heavy atom. The second-order valence-corrected chi connectivity index (χ2v) is 5.55. The van der Waals surface area contributed by atoms with Gasteiger partial charge >= 0.3 is 5.97 Å². The number of halogens is 1. The van der Waals surface area contributed by atoms with Gasteiger partial charge in [0.25, 0.3) is 0 Å². The Balaban J connectivity index is 2.31. The maximum absolute atomic E-state index is 14.6. The summed E-state index contributed by atoms with van der Waals surface area (Å²) in [6, 6.07) is 8.98. The molecule has 1 N–H and O–H groups in total. The number of aromatic carboxylic acids is 1. The number of rotatable bonds is 4. The fraction of sp³-hybridized carbons (Fsp3) is 0.105. The number of nitrogens with zero attached hydrogens (tertiary/aromatic N) is 1. The quantitative estimate of drug-likeness (QED) is 0.740. The van der Waals surface area contributed by atoms with E-state index in [0.29, 0.717) is 29.5 Å². The van der Waals surface area contributed by atoms with E-state index < -0.39 is 22.8 Å². The number of fused-ring (bicyclic) bond motifs is 1. The Morgan fingerprint density at radius 1 is 1.24 bits per heavy atom. The first-order chi connectivity index (χ1) is 12.0. The van der Waals surface area contributed by atoms with E-state index in [0.717, 1.165) is 6.07 Å². The molecule has 0 radical (unpaired) electrons. The number of hydrogen-bond acceptors (Lipinski definition) is 3. The number of carboxylic acids is 1. The van der Waals surface area contributed by atoms with Gasteiger partial charge in [-0.2, -0.15) is 0 Å². The van der Waals surface area contributed by atoms with E-state index >= 15 is 0 Å². The molecule has 0 unspecified atom stereocenters. The molecule has 0 aliphatic heterocycles. The number of carboxylic acid groups (broad SMARTS) is 1. The fourth-order valence-electron chi connectivity index (χ4n) is 2.79. The van der Waals surface area contributed by atoms with Gasteiger partial charge in [-0.1, -0.05) is 24.3 Å². The standard InChI is InChI=1S/C19H14FNO4/c1-2-21-9-15(19(24)25)18(23)14-7-16(20)13(8-17(14)21)12-5-3-11(10-22)4-6-12/h3-10H,2H2,1H3,(H,24,25). The third kappa shape index (κ3) is 2.82. The second-order valence-electron chi connectivity index (χ2n) is 5.55. The van der Waals surface area contributed by atoms with Crippen LogP contribution in [0.5, 0.6) is 0 Å². The van der Waals surface area contributed by atoms with E-state index in [1.165, 1.54) is 12.3 Å². The van der Waals surface area contributed by atoms with E-state index in [2.05, 4.69) is 0 Å². The Bertz CT molecular complexity index is 1050. The fourth-order valence-corrected chi connectivity index (χ4v) is 2.79. The summed E-state index contributed by atoms with van der Waals surface area (Å²) in [5, 5.41) is 9.18. The minimum Gasteiger partial charge on any atom is -0.477 e. The van der Waals surface area contributed by atoms with Crippen LogP contribution in [0.25, 0.3) is 22.0 Å². The summed E-state index contributed by atoms with van der Waals surface area (Å²) in [7, 11) is 0. The van der Waals surface area contributed by atoms with E-state index in [1.54, 1.807) is 35.8 Å². The number of pyridine rings is 1. The van der Waals surface area contributed by atoms with E-state index in [-0.39, 0.29) is 10.9 Å². The van der Waals surface area contributed by atoms with Gasteiger partial charge in [0.15, 0.2) is 0 Å². The van der Waals surface area contributed by atoms with Crippen molar-refractivity contribution in [2.75, 3.05) is 0 Å². The molecule has 0 fully saturated rings. The molecule has 0 aliphatic rings. The molecule has 1 aromatic heterocycles. The maximum Gasteiger partial charge on any atom is 0.341 e. The minimum absolute atomic E-state index is 0.0208. The Kier molecular flexibility index (Phi) is 4.19. The zero-order valence-corrected chi connectivity index (χ0v) is 13.3. The highest BCUT2D eigenvalue weighted by atomic mass is 19.1. The van der Waals surface area contributed by atoms with Gasteiger partial charge in [-0.25, -0.2) is 9.18 Å².